The number of carbonyl (C=O) groups excluding carboxylic acids is 2. The lowest BCUT2D eigenvalue weighted by atomic mass is 10.9. The third kappa shape index (κ3) is 3.27. The van der Waals surface area contributed by atoms with Gasteiger partial charge in [0.25, 0.3) is 10.2 Å². The molecule has 0 aromatic carbocycles. The quantitative estimate of drug-likeness (QED) is 0.436. The van der Waals surface area contributed by atoms with Gasteiger partial charge in [-0.2, -0.15) is 10.5 Å². The lowest BCUT2D eigenvalue weighted by Crippen LogP contribution is -1.91. The van der Waals surface area contributed by atoms with Gasteiger partial charge in [-0.15, -0.1) is 0 Å². The molecule has 0 aliphatic rings. The summed E-state index contributed by atoms with van der Waals surface area (Å²) in [7, 11) is 0. The van der Waals surface area contributed by atoms with E-state index in [4.69, 9.17) is 10.5 Å². The van der Waals surface area contributed by atoms with E-state index in [1.54, 1.807) is 0 Å². The Hall–Kier alpha value is -1.33. The third-order valence-electron chi connectivity index (χ3n) is 0.368. The van der Waals surface area contributed by atoms with E-state index >= 15 is 0 Å². The van der Waals surface area contributed by atoms with Crippen molar-refractivity contribution in [2.24, 2.45) is 0 Å². The fraction of sp³-hybridized carbons (Fsp3) is 0. The molecule has 0 aromatic rings. The zero-order valence-electron chi connectivity index (χ0n) is 4.12. The Kier molecular flexibility index (Phi) is 3.11. The van der Waals surface area contributed by atoms with Crippen LogP contribution < -0.4 is 0 Å². The van der Waals surface area contributed by atoms with Crippen LogP contribution >= 0.6 is 11.8 Å². The van der Waals surface area contributed by atoms with E-state index in [2.05, 4.69) is 0 Å². The molecule has 0 aliphatic carbocycles. The van der Waals surface area contributed by atoms with Crippen LogP contribution in [0, 0.1) is 22.7 Å². The summed E-state index contributed by atoms with van der Waals surface area (Å²) in [5, 5.41) is 13.7. The minimum Gasteiger partial charge on any atom is -0.269 e. The summed E-state index contributed by atoms with van der Waals surface area (Å²) in [6.45, 7) is 0. The van der Waals surface area contributed by atoms with Crippen molar-refractivity contribution in [2.75, 3.05) is 0 Å². The molecular formula is C4N2O2S. The Morgan fingerprint density at radius 1 is 1.11 bits per heavy atom. The van der Waals surface area contributed by atoms with Crippen molar-refractivity contribution in [1.82, 2.24) is 0 Å². The molecule has 0 radical (unpaired) electrons. The first kappa shape index (κ1) is 7.67. The van der Waals surface area contributed by atoms with Gasteiger partial charge in [0.1, 0.15) is 0 Å². The van der Waals surface area contributed by atoms with Crippen molar-refractivity contribution in [2.45, 2.75) is 0 Å². The SMILES string of the molecule is N#CC(=O)SC(=O)C#N. The molecule has 0 spiro atoms. The second kappa shape index (κ2) is 3.65. The molecule has 0 rings (SSSR count). The van der Waals surface area contributed by atoms with Crippen molar-refractivity contribution < 1.29 is 9.59 Å². The molecule has 0 heterocycles. The van der Waals surface area contributed by atoms with Crippen LogP contribution in [0.5, 0.6) is 0 Å². The molecule has 44 valence electrons. The van der Waals surface area contributed by atoms with Crippen LogP contribution in [-0.4, -0.2) is 10.2 Å². The summed E-state index contributed by atoms with van der Waals surface area (Å²) < 4.78 is 0. The summed E-state index contributed by atoms with van der Waals surface area (Å²) in [6.07, 6.45) is 0. The predicted molar refractivity (Wildman–Crippen MR) is 28.8 cm³/mol. The van der Waals surface area contributed by atoms with Gasteiger partial charge in [-0.25, -0.2) is 0 Å². The maximum absolute atomic E-state index is 10.0. The predicted octanol–water partition coefficient (Wildman–Crippen LogP) is -0.180. The third-order valence-corrected chi connectivity index (χ3v) is 0.921. The van der Waals surface area contributed by atoms with Gasteiger partial charge in [-0.3, -0.25) is 9.59 Å². The van der Waals surface area contributed by atoms with Crippen molar-refractivity contribution in [1.29, 1.82) is 10.5 Å². The van der Waals surface area contributed by atoms with Crippen LogP contribution in [0.2, 0.25) is 0 Å². The second-order valence-electron chi connectivity index (χ2n) is 0.901. The number of carbonyl (C=O) groups is 2. The Morgan fingerprint density at radius 3 is 1.67 bits per heavy atom. The van der Waals surface area contributed by atoms with Crippen molar-refractivity contribution >= 4 is 22.0 Å². The molecule has 9 heavy (non-hydrogen) atoms. The van der Waals surface area contributed by atoms with Gasteiger partial charge >= 0.3 is 0 Å². The Balaban J connectivity index is 3.82. The van der Waals surface area contributed by atoms with Crippen molar-refractivity contribution in [3.63, 3.8) is 0 Å². The molecule has 0 aromatic heterocycles. The first-order valence-corrected chi connectivity index (χ1v) is 2.58. The summed E-state index contributed by atoms with van der Waals surface area (Å²) in [5.74, 6) is 0. The van der Waals surface area contributed by atoms with Crippen molar-refractivity contribution in [3.05, 3.63) is 0 Å². The van der Waals surface area contributed by atoms with E-state index < -0.39 is 10.2 Å². The highest BCUT2D eigenvalue weighted by atomic mass is 32.2. The molecule has 0 aliphatic heterocycles. The molecule has 0 saturated heterocycles. The Bertz CT molecular complexity index is 198. The summed E-state index contributed by atoms with van der Waals surface area (Å²) in [5.41, 5.74) is 0. The summed E-state index contributed by atoms with van der Waals surface area (Å²) >= 11 is 0.0995. The molecular weight excluding hydrogens is 140 g/mol. The zero-order valence-corrected chi connectivity index (χ0v) is 4.94. The Labute approximate surface area is 55.1 Å². The van der Waals surface area contributed by atoms with E-state index in [1.165, 1.54) is 12.1 Å². The highest BCUT2D eigenvalue weighted by molar-refractivity contribution is 8.27. The van der Waals surface area contributed by atoms with Gasteiger partial charge in [0.15, 0.2) is 12.1 Å². The molecule has 0 fully saturated rings. The van der Waals surface area contributed by atoms with E-state index in [1.807, 2.05) is 0 Å². The summed E-state index contributed by atoms with van der Waals surface area (Å²) in [6, 6.07) is 2.36. The molecule has 0 bridgehead atoms. The van der Waals surface area contributed by atoms with Crippen LogP contribution in [0.25, 0.3) is 0 Å². The number of hydrogen-bond donors (Lipinski definition) is 0. The maximum atomic E-state index is 10.0. The van der Waals surface area contributed by atoms with Crippen LogP contribution in [0.4, 0.5) is 0 Å². The molecule has 0 saturated carbocycles. The fourth-order valence-electron chi connectivity index (χ4n) is 0.130. The molecule has 0 unspecified atom stereocenters. The van der Waals surface area contributed by atoms with Crippen LogP contribution in [-0.2, 0) is 9.59 Å². The molecule has 0 N–H and O–H groups in total. The van der Waals surface area contributed by atoms with Crippen molar-refractivity contribution in [3.8, 4) is 12.1 Å². The molecule has 0 amide bonds. The van der Waals surface area contributed by atoms with Gasteiger partial charge in [-0.05, 0) is 0 Å². The number of rotatable bonds is 0. The molecule has 4 nitrogen and oxygen atoms in total. The number of nitriles is 2. The van der Waals surface area contributed by atoms with Crippen LogP contribution in [0.15, 0.2) is 0 Å². The first-order valence-electron chi connectivity index (χ1n) is 1.76. The lowest BCUT2D eigenvalue weighted by molar-refractivity contribution is -0.108. The van der Waals surface area contributed by atoms with Gasteiger partial charge in [-0.1, -0.05) is 0 Å². The number of hydrogen-bond acceptors (Lipinski definition) is 5. The smallest absolute Gasteiger partial charge is 0.269 e. The van der Waals surface area contributed by atoms with Gasteiger partial charge in [0.2, 0.25) is 0 Å². The monoisotopic (exact) mass is 140 g/mol. The van der Waals surface area contributed by atoms with E-state index in [9.17, 15) is 9.59 Å². The normalized spacial score (nSPS) is 6.89. The van der Waals surface area contributed by atoms with E-state index in [0.717, 1.165) is 0 Å². The van der Waals surface area contributed by atoms with Crippen LogP contribution in [0.3, 0.4) is 0 Å². The minimum absolute atomic E-state index is 0.0995. The van der Waals surface area contributed by atoms with E-state index in [0.29, 0.717) is 0 Å². The number of nitrogens with zero attached hydrogens (tertiary/aromatic N) is 2. The Morgan fingerprint density at radius 2 is 1.44 bits per heavy atom. The molecule has 0 atom stereocenters. The largest absolute Gasteiger partial charge is 0.297 e. The minimum atomic E-state index is -0.957. The van der Waals surface area contributed by atoms with Gasteiger partial charge < -0.3 is 0 Å². The summed E-state index contributed by atoms with van der Waals surface area (Å²) in [4.78, 5) is 20.0. The standard InChI is InChI=1S/C4N2O2S/c5-1-3(7)9-4(8)2-6. The zero-order chi connectivity index (χ0) is 7.28. The van der Waals surface area contributed by atoms with Crippen LogP contribution in [0.1, 0.15) is 0 Å². The first-order chi connectivity index (χ1) is 4.20. The highest BCUT2D eigenvalue weighted by Gasteiger charge is 2.06. The number of thioether (sulfide) groups is 1. The van der Waals surface area contributed by atoms with E-state index in [-0.39, 0.29) is 11.8 Å². The average molecular weight is 140 g/mol. The van der Waals surface area contributed by atoms with Gasteiger partial charge in [0.05, 0.1) is 0 Å². The highest BCUT2D eigenvalue weighted by Crippen LogP contribution is 2.00. The molecule has 5 heteroatoms. The van der Waals surface area contributed by atoms with Gasteiger partial charge in [0, 0.05) is 11.8 Å². The fourth-order valence-corrected chi connectivity index (χ4v) is 0.390. The lowest BCUT2D eigenvalue weighted by Gasteiger charge is -1.75. The second-order valence-corrected chi connectivity index (χ2v) is 1.85. The topological polar surface area (TPSA) is 81.7 Å². The maximum Gasteiger partial charge on any atom is 0.297 e. The average Bonchev–Trinajstić information content (AvgIpc) is 1.87.